The summed E-state index contributed by atoms with van der Waals surface area (Å²) in [4.78, 5) is 12.1. The minimum Gasteiger partial charge on any atom is -0.319 e. The van der Waals surface area contributed by atoms with E-state index in [-0.39, 0.29) is 5.78 Å². The van der Waals surface area contributed by atoms with Crippen LogP contribution >= 0.6 is 0 Å². The first kappa shape index (κ1) is 24.4. The van der Waals surface area contributed by atoms with Crippen LogP contribution in [0.1, 0.15) is 124 Å². The van der Waals surface area contributed by atoms with Crippen LogP contribution in [0.15, 0.2) is 12.2 Å². The minimum atomic E-state index is -0.569. The first-order valence-corrected chi connectivity index (χ1v) is 11.1. The lowest BCUT2D eigenvalue weighted by atomic mass is 9.86. The van der Waals surface area contributed by atoms with E-state index in [0.717, 1.165) is 25.7 Å². The van der Waals surface area contributed by atoms with E-state index in [1.807, 2.05) is 13.8 Å². The van der Waals surface area contributed by atoms with Gasteiger partial charge in [0.1, 0.15) is 0 Å². The van der Waals surface area contributed by atoms with Crippen LogP contribution in [0.3, 0.4) is 0 Å². The minimum absolute atomic E-state index is 0.259. The fourth-order valence-corrected chi connectivity index (χ4v) is 3.25. The molecule has 25 heavy (non-hydrogen) atoms. The van der Waals surface area contributed by atoms with Gasteiger partial charge in [0.05, 0.1) is 5.54 Å². The summed E-state index contributed by atoms with van der Waals surface area (Å²) in [6.07, 6.45) is 23.7. The van der Waals surface area contributed by atoms with Crippen LogP contribution < -0.4 is 5.73 Å². The zero-order valence-electron chi connectivity index (χ0n) is 17.5. The second-order valence-electron chi connectivity index (χ2n) is 7.62. The second-order valence-corrected chi connectivity index (χ2v) is 7.62. The zero-order chi connectivity index (χ0) is 18.8. The van der Waals surface area contributed by atoms with Crippen molar-refractivity contribution >= 4 is 5.78 Å². The highest BCUT2D eigenvalue weighted by atomic mass is 16.1. The van der Waals surface area contributed by atoms with Gasteiger partial charge < -0.3 is 5.73 Å². The van der Waals surface area contributed by atoms with E-state index < -0.39 is 5.54 Å². The Balaban J connectivity index is 3.39. The summed E-state index contributed by atoms with van der Waals surface area (Å²) < 4.78 is 0. The van der Waals surface area contributed by atoms with E-state index in [1.165, 1.54) is 70.6 Å². The van der Waals surface area contributed by atoms with Gasteiger partial charge in [-0.25, -0.2) is 0 Å². The Morgan fingerprint density at radius 3 is 1.64 bits per heavy atom. The molecular weight excluding hydrogens is 306 g/mol. The second kappa shape index (κ2) is 16.8. The summed E-state index contributed by atoms with van der Waals surface area (Å²) in [7, 11) is 0. The van der Waals surface area contributed by atoms with Crippen LogP contribution in [0.2, 0.25) is 0 Å². The van der Waals surface area contributed by atoms with E-state index in [1.54, 1.807) is 0 Å². The third-order valence-corrected chi connectivity index (χ3v) is 5.48. The van der Waals surface area contributed by atoms with E-state index in [2.05, 4.69) is 19.1 Å². The monoisotopic (exact) mass is 351 g/mol. The first-order chi connectivity index (χ1) is 12.1. The van der Waals surface area contributed by atoms with Crippen LogP contribution in [0.25, 0.3) is 0 Å². The van der Waals surface area contributed by atoms with Gasteiger partial charge in [0, 0.05) is 6.42 Å². The first-order valence-electron chi connectivity index (χ1n) is 11.1. The van der Waals surface area contributed by atoms with Gasteiger partial charge in [0.25, 0.3) is 0 Å². The van der Waals surface area contributed by atoms with E-state index >= 15 is 0 Å². The molecule has 0 aliphatic rings. The number of Topliss-reactive ketones (excluding diaryl/α,β-unsaturated/α-hetero) is 1. The lowest BCUT2D eigenvalue weighted by Gasteiger charge is -2.24. The predicted octanol–water partition coefficient (Wildman–Crippen LogP) is 7.11. The number of nitrogens with two attached hydrogens (primary N) is 1. The quantitative estimate of drug-likeness (QED) is 0.211. The van der Waals surface area contributed by atoms with Gasteiger partial charge in [0.15, 0.2) is 5.78 Å². The number of allylic oxidation sites excluding steroid dienone is 2. The van der Waals surface area contributed by atoms with Crippen molar-refractivity contribution in [2.45, 2.75) is 129 Å². The normalized spacial score (nSPS) is 12.2. The summed E-state index contributed by atoms with van der Waals surface area (Å²) in [6.45, 7) is 6.30. The van der Waals surface area contributed by atoms with Crippen molar-refractivity contribution < 1.29 is 4.79 Å². The number of carbonyl (C=O) groups excluding carboxylic acids is 1. The maximum Gasteiger partial charge on any atom is 0.152 e. The molecule has 0 bridgehead atoms. The summed E-state index contributed by atoms with van der Waals surface area (Å²) in [5.74, 6) is 0.259. The molecule has 0 saturated heterocycles. The molecule has 0 aliphatic carbocycles. The van der Waals surface area contributed by atoms with E-state index in [9.17, 15) is 4.79 Å². The lowest BCUT2D eigenvalue weighted by molar-refractivity contribution is -0.124. The van der Waals surface area contributed by atoms with Gasteiger partial charge >= 0.3 is 0 Å². The van der Waals surface area contributed by atoms with Crippen LogP contribution in [0.5, 0.6) is 0 Å². The highest BCUT2D eigenvalue weighted by Crippen LogP contribution is 2.17. The van der Waals surface area contributed by atoms with Crippen molar-refractivity contribution in [3.05, 3.63) is 12.2 Å². The predicted molar refractivity (Wildman–Crippen MR) is 112 cm³/mol. The van der Waals surface area contributed by atoms with Crippen molar-refractivity contribution in [3.8, 4) is 0 Å². The Morgan fingerprint density at radius 1 is 0.720 bits per heavy atom. The fraction of sp³-hybridized carbons (Fsp3) is 0.870. The maximum atomic E-state index is 12.1. The Kier molecular flexibility index (Phi) is 16.4. The molecule has 0 spiro atoms. The van der Waals surface area contributed by atoms with Gasteiger partial charge in [-0.15, -0.1) is 0 Å². The highest BCUT2D eigenvalue weighted by Gasteiger charge is 2.28. The molecule has 0 amide bonds. The van der Waals surface area contributed by atoms with Crippen LogP contribution in [0.4, 0.5) is 0 Å². The molecule has 2 nitrogen and oxygen atoms in total. The Labute approximate surface area is 158 Å². The van der Waals surface area contributed by atoms with E-state index in [4.69, 9.17) is 5.73 Å². The van der Waals surface area contributed by atoms with Crippen LogP contribution in [-0.2, 0) is 4.79 Å². The molecule has 2 heteroatoms. The van der Waals surface area contributed by atoms with Crippen molar-refractivity contribution in [1.29, 1.82) is 0 Å². The fourth-order valence-electron chi connectivity index (χ4n) is 3.25. The smallest absolute Gasteiger partial charge is 0.152 e. The zero-order valence-corrected chi connectivity index (χ0v) is 17.5. The standard InChI is InChI=1S/C23H45NO/c1-4-7-8-9-10-11-12-13-14-15-16-17-18-19-20-21-22(25)23(24,5-2)6-3/h13-14H,4-12,15-21,24H2,1-3H3/b14-13-. The van der Waals surface area contributed by atoms with Crippen molar-refractivity contribution in [3.63, 3.8) is 0 Å². The largest absolute Gasteiger partial charge is 0.319 e. The number of carbonyl (C=O) groups is 1. The lowest BCUT2D eigenvalue weighted by Crippen LogP contribution is -2.46. The van der Waals surface area contributed by atoms with Gasteiger partial charge in [-0.05, 0) is 44.9 Å². The maximum absolute atomic E-state index is 12.1. The average Bonchev–Trinajstić information content (AvgIpc) is 2.63. The van der Waals surface area contributed by atoms with Crippen molar-refractivity contribution in [2.24, 2.45) is 5.73 Å². The molecule has 0 unspecified atom stereocenters. The third-order valence-electron chi connectivity index (χ3n) is 5.48. The number of rotatable bonds is 18. The molecule has 0 aromatic carbocycles. The molecule has 0 aromatic heterocycles. The topological polar surface area (TPSA) is 43.1 Å². The van der Waals surface area contributed by atoms with E-state index in [0.29, 0.717) is 6.42 Å². The Hall–Kier alpha value is -0.630. The summed E-state index contributed by atoms with van der Waals surface area (Å²) in [5.41, 5.74) is 5.57. The molecule has 0 aliphatic heterocycles. The number of hydrogen-bond acceptors (Lipinski definition) is 2. The molecule has 2 N–H and O–H groups in total. The van der Waals surface area contributed by atoms with Crippen LogP contribution in [-0.4, -0.2) is 11.3 Å². The number of hydrogen-bond donors (Lipinski definition) is 1. The Bertz CT molecular complexity index is 331. The molecule has 0 aromatic rings. The summed E-state index contributed by atoms with van der Waals surface area (Å²) in [5, 5.41) is 0. The molecule has 0 radical (unpaired) electrons. The van der Waals surface area contributed by atoms with Crippen molar-refractivity contribution in [1.82, 2.24) is 0 Å². The molecule has 0 atom stereocenters. The van der Waals surface area contributed by atoms with Gasteiger partial charge in [-0.1, -0.05) is 84.3 Å². The molecule has 0 fully saturated rings. The molecular formula is C23H45NO. The average molecular weight is 352 g/mol. The number of unbranched alkanes of at least 4 members (excludes halogenated alkanes) is 11. The summed E-state index contributed by atoms with van der Waals surface area (Å²) >= 11 is 0. The van der Waals surface area contributed by atoms with Crippen LogP contribution in [0, 0.1) is 0 Å². The highest BCUT2D eigenvalue weighted by molar-refractivity contribution is 5.87. The van der Waals surface area contributed by atoms with Gasteiger partial charge in [0.2, 0.25) is 0 Å². The molecule has 148 valence electrons. The molecule has 0 heterocycles. The number of ketones is 1. The summed E-state index contributed by atoms with van der Waals surface area (Å²) in [6, 6.07) is 0. The molecule has 0 rings (SSSR count). The van der Waals surface area contributed by atoms with Crippen molar-refractivity contribution in [2.75, 3.05) is 0 Å². The van der Waals surface area contributed by atoms with Gasteiger partial charge in [-0.2, -0.15) is 0 Å². The Morgan fingerprint density at radius 2 is 1.16 bits per heavy atom. The third kappa shape index (κ3) is 13.3. The SMILES string of the molecule is CCCCCCCC/C=C\CCCCCCCC(=O)C(N)(CC)CC. The molecule has 0 saturated carbocycles. The van der Waals surface area contributed by atoms with Gasteiger partial charge in [-0.3, -0.25) is 4.79 Å².